The van der Waals surface area contributed by atoms with E-state index in [-0.39, 0.29) is 6.04 Å². The van der Waals surface area contributed by atoms with Gasteiger partial charge in [-0.2, -0.15) is 0 Å². The summed E-state index contributed by atoms with van der Waals surface area (Å²) in [6, 6.07) is -0.197. The second kappa shape index (κ2) is 2.36. The van der Waals surface area contributed by atoms with E-state index in [0.29, 0.717) is 18.4 Å². The van der Waals surface area contributed by atoms with Crippen LogP contribution in [0.15, 0.2) is 5.16 Å². The van der Waals surface area contributed by atoms with Crippen molar-refractivity contribution in [2.75, 3.05) is 6.54 Å². The second-order valence-electron chi connectivity index (χ2n) is 3.35. The Balaban J connectivity index is 2.10. The predicted molar refractivity (Wildman–Crippen MR) is 40.4 cm³/mol. The maximum absolute atomic E-state index is 10.6. The van der Waals surface area contributed by atoms with Gasteiger partial charge in [0.15, 0.2) is 0 Å². The predicted octanol–water partition coefficient (Wildman–Crippen LogP) is 0.445. The molecule has 1 aliphatic heterocycles. The average Bonchev–Trinajstić information content (AvgIpc) is 2.69. The summed E-state index contributed by atoms with van der Waals surface area (Å²) in [6.07, 6.45) is 1.46. The molecule has 0 aromatic heterocycles. The first-order valence-corrected chi connectivity index (χ1v) is 3.91. The van der Waals surface area contributed by atoms with Crippen LogP contribution in [0.3, 0.4) is 0 Å². The zero-order valence-corrected chi connectivity index (χ0v) is 6.42. The van der Waals surface area contributed by atoms with Crippen LogP contribution >= 0.6 is 0 Å². The number of likely N-dealkylation sites (tertiary alicyclic amines) is 1. The first kappa shape index (κ1) is 7.39. The van der Waals surface area contributed by atoms with Gasteiger partial charge in [-0.1, -0.05) is 5.16 Å². The lowest BCUT2D eigenvalue weighted by atomic mass is 10.2. The molecule has 12 heavy (non-hydrogen) atoms. The number of oxime groups is 1. The SMILES string of the molecule is O=C(O)N1C[C@H]2C[C@H]2[C@@H]1C=NO. The summed E-state index contributed by atoms with van der Waals surface area (Å²) in [4.78, 5) is 12.0. The Kier molecular flexibility index (Phi) is 1.46. The fourth-order valence-electron chi connectivity index (χ4n) is 1.97. The molecule has 2 N–H and O–H groups in total. The highest BCUT2D eigenvalue weighted by atomic mass is 16.4. The van der Waals surface area contributed by atoms with E-state index in [4.69, 9.17) is 10.3 Å². The molecule has 2 rings (SSSR count). The maximum atomic E-state index is 10.6. The largest absolute Gasteiger partial charge is 0.465 e. The molecular weight excluding hydrogens is 160 g/mol. The molecule has 3 atom stereocenters. The molecule has 5 nitrogen and oxygen atoms in total. The molecule has 0 aromatic rings. The van der Waals surface area contributed by atoms with Crippen LogP contribution in [-0.2, 0) is 0 Å². The number of hydrogen-bond acceptors (Lipinski definition) is 3. The summed E-state index contributed by atoms with van der Waals surface area (Å²) < 4.78 is 0. The zero-order valence-electron chi connectivity index (χ0n) is 6.42. The van der Waals surface area contributed by atoms with Crippen LogP contribution < -0.4 is 0 Å². The quantitative estimate of drug-likeness (QED) is 0.341. The van der Waals surface area contributed by atoms with Crippen molar-refractivity contribution in [1.29, 1.82) is 0 Å². The lowest BCUT2D eigenvalue weighted by Gasteiger charge is -2.20. The number of nitrogens with zero attached hydrogens (tertiary/aromatic N) is 2. The third-order valence-electron chi connectivity index (χ3n) is 2.67. The van der Waals surface area contributed by atoms with Gasteiger partial charge in [-0.05, 0) is 18.3 Å². The van der Waals surface area contributed by atoms with Crippen molar-refractivity contribution in [1.82, 2.24) is 4.90 Å². The first-order chi connectivity index (χ1) is 5.74. The van der Waals surface area contributed by atoms with Gasteiger partial charge < -0.3 is 10.3 Å². The summed E-state index contributed by atoms with van der Waals surface area (Å²) in [6.45, 7) is 0.594. The molecule has 5 heteroatoms. The molecule has 0 bridgehead atoms. The molecule has 2 aliphatic rings. The van der Waals surface area contributed by atoms with Gasteiger partial charge in [-0.3, -0.25) is 4.90 Å². The third-order valence-corrected chi connectivity index (χ3v) is 2.67. The molecule has 1 saturated carbocycles. The van der Waals surface area contributed by atoms with Crippen molar-refractivity contribution in [3.8, 4) is 0 Å². The number of carboxylic acid groups (broad SMARTS) is 1. The van der Waals surface area contributed by atoms with Crippen molar-refractivity contribution in [2.45, 2.75) is 12.5 Å². The lowest BCUT2D eigenvalue weighted by Crippen LogP contribution is -2.38. The highest BCUT2D eigenvalue weighted by Gasteiger charge is 2.53. The lowest BCUT2D eigenvalue weighted by molar-refractivity contribution is 0.143. The van der Waals surface area contributed by atoms with E-state index >= 15 is 0 Å². The van der Waals surface area contributed by atoms with Crippen LogP contribution in [0.25, 0.3) is 0 Å². The Labute approximate surface area is 69.3 Å². The van der Waals surface area contributed by atoms with Gasteiger partial charge in [0, 0.05) is 6.54 Å². The molecule has 0 aromatic carbocycles. The van der Waals surface area contributed by atoms with E-state index < -0.39 is 6.09 Å². The average molecular weight is 170 g/mol. The van der Waals surface area contributed by atoms with E-state index in [9.17, 15) is 4.79 Å². The Morgan fingerprint density at radius 2 is 2.42 bits per heavy atom. The molecular formula is C7H10N2O3. The maximum Gasteiger partial charge on any atom is 0.407 e. The number of rotatable bonds is 1. The number of fused-ring (bicyclic) bond motifs is 1. The molecule has 2 fully saturated rings. The van der Waals surface area contributed by atoms with Gasteiger partial charge in [-0.15, -0.1) is 0 Å². The van der Waals surface area contributed by atoms with E-state index in [1.807, 2.05) is 0 Å². The number of piperidine rings is 1. The van der Waals surface area contributed by atoms with Crippen molar-refractivity contribution < 1.29 is 15.1 Å². The summed E-state index contributed by atoms with van der Waals surface area (Å²) in [5.74, 6) is 0.904. The van der Waals surface area contributed by atoms with Gasteiger partial charge >= 0.3 is 6.09 Å². The number of amides is 1. The van der Waals surface area contributed by atoms with Crippen molar-refractivity contribution in [3.05, 3.63) is 0 Å². The van der Waals surface area contributed by atoms with Crippen molar-refractivity contribution >= 4 is 12.3 Å². The highest BCUT2D eigenvalue weighted by molar-refractivity contribution is 5.76. The molecule has 1 heterocycles. The second-order valence-corrected chi connectivity index (χ2v) is 3.35. The van der Waals surface area contributed by atoms with Crippen molar-refractivity contribution in [3.63, 3.8) is 0 Å². The standard InChI is InChI=1S/C7H10N2O3/c10-7(11)9-3-4-1-5(4)6(9)2-8-12/h2,4-6,12H,1,3H2,(H,10,11)/t4-,5-,6+/m1/s1. The minimum atomic E-state index is -0.924. The molecule has 0 unspecified atom stereocenters. The molecule has 0 spiro atoms. The Hall–Kier alpha value is -1.26. The Bertz CT molecular complexity index is 241. The van der Waals surface area contributed by atoms with E-state index in [0.717, 1.165) is 6.42 Å². The van der Waals surface area contributed by atoms with Crippen LogP contribution in [0.5, 0.6) is 0 Å². The van der Waals surface area contributed by atoms with Gasteiger partial charge in [0.1, 0.15) is 0 Å². The summed E-state index contributed by atoms with van der Waals surface area (Å²) in [5.41, 5.74) is 0. The van der Waals surface area contributed by atoms with Gasteiger partial charge in [0.2, 0.25) is 0 Å². The van der Waals surface area contributed by atoms with Gasteiger partial charge in [0.25, 0.3) is 0 Å². The fourth-order valence-corrected chi connectivity index (χ4v) is 1.97. The third kappa shape index (κ3) is 0.929. The Morgan fingerprint density at radius 1 is 1.67 bits per heavy atom. The normalized spacial score (nSPS) is 38.7. The van der Waals surface area contributed by atoms with Crippen LogP contribution in [0.2, 0.25) is 0 Å². The van der Waals surface area contributed by atoms with Crippen LogP contribution in [-0.4, -0.2) is 40.1 Å². The molecule has 0 radical (unpaired) electrons. The minimum absolute atomic E-state index is 0.197. The summed E-state index contributed by atoms with van der Waals surface area (Å²) in [7, 11) is 0. The minimum Gasteiger partial charge on any atom is -0.465 e. The molecule has 1 saturated heterocycles. The number of hydrogen-bond donors (Lipinski definition) is 2. The Morgan fingerprint density at radius 3 is 3.00 bits per heavy atom. The summed E-state index contributed by atoms with van der Waals surface area (Å²) in [5, 5.41) is 19.9. The van der Waals surface area contributed by atoms with E-state index in [2.05, 4.69) is 5.16 Å². The summed E-state index contributed by atoms with van der Waals surface area (Å²) >= 11 is 0. The van der Waals surface area contributed by atoms with Crippen LogP contribution in [0.4, 0.5) is 4.79 Å². The smallest absolute Gasteiger partial charge is 0.407 e. The first-order valence-electron chi connectivity index (χ1n) is 3.91. The van der Waals surface area contributed by atoms with E-state index in [1.54, 1.807) is 0 Å². The van der Waals surface area contributed by atoms with Gasteiger partial charge in [0.05, 0.1) is 12.3 Å². The monoisotopic (exact) mass is 170 g/mol. The van der Waals surface area contributed by atoms with E-state index in [1.165, 1.54) is 11.1 Å². The molecule has 1 amide bonds. The fraction of sp³-hybridized carbons (Fsp3) is 0.714. The molecule has 66 valence electrons. The number of carbonyl (C=O) groups is 1. The van der Waals surface area contributed by atoms with Crippen molar-refractivity contribution in [2.24, 2.45) is 17.0 Å². The van der Waals surface area contributed by atoms with Crippen LogP contribution in [0.1, 0.15) is 6.42 Å². The zero-order chi connectivity index (χ0) is 8.72. The topological polar surface area (TPSA) is 73.1 Å². The van der Waals surface area contributed by atoms with Crippen LogP contribution in [0, 0.1) is 11.8 Å². The molecule has 1 aliphatic carbocycles. The van der Waals surface area contributed by atoms with Gasteiger partial charge in [-0.25, -0.2) is 4.79 Å². The highest BCUT2D eigenvalue weighted by Crippen LogP contribution is 2.48.